The Balaban J connectivity index is 1.30. The van der Waals surface area contributed by atoms with E-state index in [9.17, 15) is 0 Å². The van der Waals surface area contributed by atoms with Crippen molar-refractivity contribution in [3.63, 3.8) is 0 Å². The zero-order valence-corrected chi connectivity index (χ0v) is 16.1. The molecule has 2 aromatic heterocycles. The van der Waals surface area contributed by atoms with Crippen LogP contribution in [0.4, 0.5) is 0 Å². The molecule has 0 bridgehead atoms. The number of hydrogen-bond acceptors (Lipinski definition) is 2. The molecule has 1 aromatic carbocycles. The fourth-order valence-electron chi connectivity index (χ4n) is 3.62. The molecule has 0 radical (unpaired) electrons. The van der Waals surface area contributed by atoms with Gasteiger partial charge in [-0.1, -0.05) is 36.4 Å². The number of benzene rings is 1. The van der Waals surface area contributed by atoms with Crippen molar-refractivity contribution in [2.75, 3.05) is 20.1 Å². The highest BCUT2D eigenvalue weighted by Gasteiger charge is 2.43. The van der Waals surface area contributed by atoms with Gasteiger partial charge >= 0.3 is 0 Å². The number of hydrogen-bond donors (Lipinski definition) is 2. The Hall–Kier alpha value is -2.82. The summed E-state index contributed by atoms with van der Waals surface area (Å²) in [6.45, 7) is 3.82. The number of aromatic nitrogens is 2. The molecule has 5 nitrogen and oxygen atoms in total. The van der Waals surface area contributed by atoms with Crippen LogP contribution in [0.3, 0.4) is 0 Å². The Morgan fingerprint density at radius 3 is 2.67 bits per heavy atom. The predicted molar refractivity (Wildman–Crippen MR) is 110 cm³/mol. The molecule has 140 valence electrons. The van der Waals surface area contributed by atoms with Gasteiger partial charge in [-0.2, -0.15) is 0 Å². The van der Waals surface area contributed by atoms with Crippen molar-refractivity contribution in [3.05, 3.63) is 71.7 Å². The van der Waals surface area contributed by atoms with Crippen LogP contribution < -0.4 is 10.6 Å². The van der Waals surface area contributed by atoms with Crippen LogP contribution in [0.5, 0.6) is 0 Å². The van der Waals surface area contributed by atoms with Crippen molar-refractivity contribution >= 4 is 11.6 Å². The quantitative estimate of drug-likeness (QED) is 0.524. The SMILES string of the molecule is CN=C(NCCc1cn2cccc(C)c2n1)NCC1(c2ccccc2)CC1. The van der Waals surface area contributed by atoms with Crippen molar-refractivity contribution < 1.29 is 0 Å². The molecular weight excluding hydrogens is 334 g/mol. The first kappa shape index (κ1) is 17.6. The van der Waals surface area contributed by atoms with Crippen molar-refractivity contribution in [3.8, 4) is 0 Å². The average molecular weight is 361 g/mol. The van der Waals surface area contributed by atoms with Gasteiger partial charge < -0.3 is 15.0 Å². The molecule has 0 amide bonds. The van der Waals surface area contributed by atoms with Crippen LogP contribution in [0.2, 0.25) is 0 Å². The lowest BCUT2D eigenvalue weighted by molar-refractivity contribution is 0.645. The topological polar surface area (TPSA) is 53.7 Å². The number of pyridine rings is 1. The smallest absolute Gasteiger partial charge is 0.191 e. The lowest BCUT2D eigenvalue weighted by atomic mass is 9.96. The second-order valence-electron chi connectivity index (χ2n) is 7.40. The van der Waals surface area contributed by atoms with Gasteiger partial charge in [-0.3, -0.25) is 4.99 Å². The molecule has 3 aromatic rings. The minimum Gasteiger partial charge on any atom is -0.356 e. The van der Waals surface area contributed by atoms with E-state index in [1.54, 1.807) is 0 Å². The monoisotopic (exact) mass is 361 g/mol. The van der Waals surface area contributed by atoms with E-state index in [0.717, 1.165) is 36.8 Å². The normalized spacial score (nSPS) is 15.7. The Kier molecular flexibility index (Phi) is 4.84. The van der Waals surface area contributed by atoms with E-state index in [4.69, 9.17) is 4.98 Å². The summed E-state index contributed by atoms with van der Waals surface area (Å²) in [5.41, 5.74) is 5.03. The van der Waals surface area contributed by atoms with Gasteiger partial charge in [-0.25, -0.2) is 4.98 Å². The van der Waals surface area contributed by atoms with Crippen molar-refractivity contribution in [1.29, 1.82) is 0 Å². The fraction of sp³-hybridized carbons (Fsp3) is 0.364. The molecule has 1 aliphatic carbocycles. The van der Waals surface area contributed by atoms with E-state index in [0.29, 0.717) is 0 Å². The molecule has 0 spiro atoms. The number of rotatable bonds is 6. The first-order valence-electron chi connectivity index (χ1n) is 9.63. The van der Waals surface area contributed by atoms with Crippen LogP contribution in [-0.4, -0.2) is 35.5 Å². The molecule has 1 saturated carbocycles. The van der Waals surface area contributed by atoms with Gasteiger partial charge in [0.15, 0.2) is 5.96 Å². The number of imidazole rings is 1. The molecule has 0 unspecified atom stereocenters. The zero-order valence-electron chi connectivity index (χ0n) is 16.1. The summed E-state index contributed by atoms with van der Waals surface area (Å²) in [6, 6.07) is 14.9. The molecule has 0 atom stereocenters. The maximum Gasteiger partial charge on any atom is 0.191 e. The maximum absolute atomic E-state index is 4.73. The van der Waals surface area contributed by atoms with Gasteiger partial charge in [-0.15, -0.1) is 0 Å². The number of nitrogens with zero attached hydrogens (tertiary/aromatic N) is 3. The molecule has 0 saturated heterocycles. The standard InChI is InChI=1S/C22H27N5/c1-17-7-6-14-27-15-19(26-20(17)27)10-13-24-21(23-2)25-16-22(11-12-22)18-8-4-3-5-9-18/h3-9,14-15H,10-13,16H2,1-2H3,(H2,23,24,25). The van der Waals surface area contributed by atoms with E-state index < -0.39 is 0 Å². The van der Waals surface area contributed by atoms with Gasteiger partial charge in [-0.05, 0) is 37.0 Å². The molecule has 27 heavy (non-hydrogen) atoms. The van der Waals surface area contributed by atoms with Crippen LogP contribution in [0.1, 0.15) is 29.7 Å². The van der Waals surface area contributed by atoms with Crippen molar-refractivity contribution in [2.24, 2.45) is 4.99 Å². The Labute approximate surface area is 160 Å². The highest BCUT2D eigenvalue weighted by molar-refractivity contribution is 5.79. The van der Waals surface area contributed by atoms with Crippen LogP contribution in [0, 0.1) is 6.92 Å². The zero-order chi connectivity index (χ0) is 18.7. The largest absolute Gasteiger partial charge is 0.356 e. The molecule has 4 rings (SSSR count). The molecule has 1 aliphatic rings. The van der Waals surface area contributed by atoms with Crippen LogP contribution in [-0.2, 0) is 11.8 Å². The molecule has 5 heteroatoms. The van der Waals surface area contributed by atoms with Gasteiger partial charge in [0.05, 0.1) is 5.69 Å². The number of aliphatic imine (C=N–C) groups is 1. The minimum atomic E-state index is 0.276. The van der Waals surface area contributed by atoms with Gasteiger partial charge in [0.25, 0.3) is 0 Å². The summed E-state index contributed by atoms with van der Waals surface area (Å²) in [5, 5.41) is 6.92. The first-order chi connectivity index (χ1) is 13.2. The summed E-state index contributed by atoms with van der Waals surface area (Å²) in [6.07, 6.45) is 7.50. The van der Waals surface area contributed by atoms with E-state index in [-0.39, 0.29) is 5.41 Å². The van der Waals surface area contributed by atoms with E-state index in [1.165, 1.54) is 24.0 Å². The number of fused-ring (bicyclic) bond motifs is 1. The number of guanidine groups is 1. The van der Waals surface area contributed by atoms with Crippen LogP contribution in [0.25, 0.3) is 5.65 Å². The molecule has 0 aliphatic heterocycles. The first-order valence-corrected chi connectivity index (χ1v) is 9.63. The third kappa shape index (κ3) is 3.82. The predicted octanol–water partition coefficient (Wildman–Crippen LogP) is 3.08. The molecular formula is C22H27N5. The third-order valence-corrected chi connectivity index (χ3v) is 5.46. The highest BCUT2D eigenvalue weighted by Crippen LogP contribution is 2.47. The third-order valence-electron chi connectivity index (χ3n) is 5.46. The lowest BCUT2D eigenvalue weighted by Gasteiger charge is -2.19. The van der Waals surface area contributed by atoms with E-state index in [2.05, 4.69) is 75.6 Å². The van der Waals surface area contributed by atoms with Crippen molar-refractivity contribution in [2.45, 2.75) is 31.6 Å². The van der Waals surface area contributed by atoms with Crippen LogP contribution in [0.15, 0.2) is 59.9 Å². The number of aryl methyl sites for hydroxylation is 1. The fourth-order valence-corrected chi connectivity index (χ4v) is 3.62. The highest BCUT2D eigenvalue weighted by atomic mass is 15.2. The van der Waals surface area contributed by atoms with Crippen molar-refractivity contribution in [1.82, 2.24) is 20.0 Å². The summed E-state index contributed by atoms with van der Waals surface area (Å²) in [7, 11) is 1.83. The van der Waals surface area contributed by atoms with Gasteiger partial charge in [0.2, 0.25) is 0 Å². The summed E-state index contributed by atoms with van der Waals surface area (Å²) in [4.78, 5) is 9.10. The Morgan fingerprint density at radius 2 is 1.96 bits per heavy atom. The summed E-state index contributed by atoms with van der Waals surface area (Å²) >= 11 is 0. The maximum atomic E-state index is 4.73. The minimum absolute atomic E-state index is 0.276. The summed E-state index contributed by atoms with van der Waals surface area (Å²) < 4.78 is 2.09. The second-order valence-corrected chi connectivity index (χ2v) is 7.40. The molecule has 1 fully saturated rings. The van der Waals surface area contributed by atoms with E-state index in [1.807, 2.05) is 13.2 Å². The Morgan fingerprint density at radius 1 is 1.15 bits per heavy atom. The second kappa shape index (κ2) is 7.43. The van der Waals surface area contributed by atoms with Gasteiger partial charge in [0.1, 0.15) is 5.65 Å². The Bertz CT molecular complexity index is 938. The van der Waals surface area contributed by atoms with Gasteiger partial charge in [0, 0.05) is 44.4 Å². The molecule has 2 heterocycles. The van der Waals surface area contributed by atoms with E-state index >= 15 is 0 Å². The summed E-state index contributed by atoms with van der Waals surface area (Å²) in [5.74, 6) is 0.858. The number of nitrogens with one attached hydrogen (secondary N) is 2. The lowest BCUT2D eigenvalue weighted by Crippen LogP contribution is -2.42. The van der Waals surface area contributed by atoms with Crippen LogP contribution >= 0.6 is 0 Å². The average Bonchev–Trinajstić information content (AvgIpc) is 3.37. The molecule has 2 N–H and O–H groups in total.